The summed E-state index contributed by atoms with van der Waals surface area (Å²) >= 11 is 1.68. The molecule has 116 valence electrons. The van der Waals surface area contributed by atoms with Gasteiger partial charge in [-0.25, -0.2) is 0 Å². The number of H-pyrrole nitrogens is 1. The maximum atomic E-state index is 4.82. The van der Waals surface area contributed by atoms with Crippen molar-refractivity contribution in [3.05, 3.63) is 78.2 Å². The molecule has 24 heavy (non-hydrogen) atoms. The molecule has 1 aliphatic heterocycles. The number of fused-ring (bicyclic) bond motifs is 2. The van der Waals surface area contributed by atoms with Crippen LogP contribution in [0.15, 0.2) is 77.4 Å². The molecule has 2 aromatic heterocycles. The number of nitrogens with zero attached hydrogens (tertiary/aromatic N) is 4. The molecule has 4 aromatic rings. The number of aromatic amines is 1. The maximum Gasteiger partial charge on any atom is 0.212 e. The van der Waals surface area contributed by atoms with Gasteiger partial charge in [0.05, 0.1) is 11.0 Å². The number of nitrogens with one attached hydrogen (secondary N) is 1. The molecule has 0 saturated heterocycles. The summed E-state index contributed by atoms with van der Waals surface area (Å²) in [4.78, 5) is 3.34. The van der Waals surface area contributed by atoms with E-state index in [1.54, 1.807) is 22.8 Å². The highest BCUT2D eigenvalue weighted by atomic mass is 32.2. The summed E-state index contributed by atoms with van der Waals surface area (Å²) in [6.07, 6.45) is 3.69. The van der Waals surface area contributed by atoms with Crippen molar-refractivity contribution in [1.29, 1.82) is 0 Å². The van der Waals surface area contributed by atoms with Gasteiger partial charge in [0.1, 0.15) is 6.33 Å². The van der Waals surface area contributed by atoms with Gasteiger partial charge in [-0.15, -0.1) is 10.2 Å². The van der Waals surface area contributed by atoms with E-state index in [4.69, 9.17) is 5.10 Å². The summed E-state index contributed by atoms with van der Waals surface area (Å²) < 4.78 is 1.75. The van der Waals surface area contributed by atoms with Gasteiger partial charge < -0.3 is 4.98 Å². The van der Waals surface area contributed by atoms with E-state index in [0.29, 0.717) is 0 Å². The van der Waals surface area contributed by atoms with Gasteiger partial charge in [0, 0.05) is 22.7 Å². The maximum absolute atomic E-state index is 4.82. The zero-order valence-corrected chi connectivity index (χ0v) is 13.4. The van der Waals surface area contributed by atoms with Crippen LogP contribution in [-0.2, 0) is 0 Å². The Morgan fingerprint density at radius 2 is 1.83 bits per heavy atom. The van der Waals surface area contributed by atoms with Crippen LogP contribution in [-0.4, -0.2) is 25.6 Å². The van der Waals surface area contributed by atoms with Crippen molar-refractivity contribution in [2.24, 2.45) is 5.10 Å². The summed E-state index contributed by atoms with van der Waals surface area (Å²) in [6, 6.07) is 18.7. The van der Waals surface area contributed by atoms with Gasteiger partial charge >= 0.3 is 0 Å². The molecule has 0 radical (unpaired) electrons. The van der Waals surface area contributed by atoms with Gasteiger partial charge in [-0.3, -0.25) is 0 Å². The molecule has 0 unspecified atom stereocenters. The van der Waals surface area contributed by atoms with Gasteiger partial charge in [-0.05, 0) is 11.6 Å². The minimum Gasteiger partial charge on any atom is -0.360 e. The molecule has 0 saturated carbocycles. The first-order valence-electron chi connectivity index (χ1n) is 7.67. The van der Waals surface area contributed by atoms with Crippen molar-refractivity contribution in [3.8, 4) is 0 Å². The second-order valence-corrected chi connectivity index (χ2v) is 6.67. The third-order valence-corrected chi connectivity index (χ3v) is 5.37. The third kappa shape index (κ3) is 2.07. The fourth-order valence-electron chi connectivity index (χ4n) is 3.03. The Morgan fingerprint density at radius 3 is 2.75 bits per heavy atom. The smallest absolute Gasteiger partial charge is 0.212 e. The van der Waals surface area contributed by atoms with E-state index in [1.165, 1.54) is 10.9 Å². The quantitative estimate of drug-likeness (QED) is 0.607. The summed E-state index contributed by atoms with van der Waals surface area (Å²) in [7, 11) is 0. The van der Waals surface area contributed by atoms with Crippen molar-refractivity contribution >= 4 is 28.4 Å². The lowest BCUT2D eigenvalue weighted by Gasteiger charge is -2.22. The molecule has 0 spiro atoms. The van der Waals surface area contributed by atoms with Crippen molar-refractivity contribution in [3.63, 3.8) is 0 Å². The molecule has 5 nitrogen and oxygen atoms in total. The lowest BCUT2D eigenvalue weighted by atomic mass is 10.0. The van der Waals surface area contributed by atoms with Crippen LogP contribution >= 0.6 is 11.8 Å². The molecular formula is C18H13N5S. The second-order valence-electron chi connectivity index (χ2n) is 5.60. The zero-order valence-electron chi connectivity index (χ0n) is 12.6. The van der Waals surface area contributed by atoms with Crippen LogP contribution in [0.3, 0.4) is 0 Å². The molecular weight excluding hydrogens is 318 g/mol. The normalized spacial score (nSPS) is 16.8. The van der Waals surface area contributed by atoms with E-state index in [9.17, 15) is 0 Å². The topological polar surface area (TPSA) is 58.9 Å². The molecule has 1 N–H and O–H groups in total. The van der Waals surface area contributed by atoms with Crippen LogP contribution in [0.1, 0.15) is 16.4 Å². The van der Waals surface area contributed by atoms with E-state index >= 15 is 0 Å². The predicted octanol–water partition coefficient (Wildman–Crippen LogP) is 3.86. The molecule has 3 heterocycles. The summed E-state index contributed by atoms with van der Waals surface area (Å²) in [6.45, 7) is 0. The zero-order chi connectivity index (χ0) is 15.9. The van der Waals surface area contributed by atoms with E-state index < -0.39 is 0 Å². The standard InChI is InChI=1S/C18H13N5S/c1-2-6-12(7-3-1)17-16(22-23-11-20-21-18(23)24-17)14-10-19-15-9-5-4-8-13(14)15/h1-11,17,19H/t17-/m0/s1. The molecule has 1 atom stereocenters. The van der Waals surface area contributed by atoms with Crippen LogP contribution < -0.4 is 0 Å². The number of benzene rings is 2. The molecule has 2 aromatic carbocycles. The molecule has 1 aliphatic rings. The number of aromatic nitrogens is 4. The van der Waals surface area contributed by atoms with Gasteiger partial charge in [-0.1, -0.05) is 60.3 Å². The average molecular weight is 331 g/mol. The van der Waals surface area contributed by atoms with Crippen molar-refractivity contribution in [2.45, 2.75) is 10.4 Å². The first kappa shape index (κ1) is 13.6. The van der Waals surface area contributed by atoms with E-state index in [-0.39, 0.29) is 5.25 Å². The van der Waals surface area contributed by atoms with Crippen molar-refractivity contribution in [2.75, 3.05) is 0 Å². The van der Waals surface area contributed by atoms with Crippen LogP contribution in [0, 0.1) is 0 Å². The Hall–Kier alpha value is -2.86. The molecule has 6 heteroatoms. The minimum atomic E-state index is 0.0853. The largest absolute Gasteiger partial charge is 0.360 e. The Bertz CT molecular complexity index is 1050. The molecule has 0 amide bonds. The lowest BCUT2D eigenvalue weighted by molar-refractivity contribution is 0.748. The van der Waals surface area contributed by atoms with Crippen molar-refractivity contribution in [1.82, 2.24) is 19.9 Å². The Balaban J connectivity index is 1.73. The van der Waals surface area contributed by atoms with Crippen LogP contribution in [0.2, 0.25) is 0 Å². The number of thioether (sulfide) groups is 1. The molecule has 0 fully saturated rings. The van der Waals surface area contributed by atoms with Crippen LogP contribution in [0.5, 0.6) is 0 Å². The summed E-state index contributed by atoms with van der Waals surface area (Å²) in [5.74, 6) is 0. The first-order chi connectivity index (χ1) is 11.9. The number of hydrogen-bond acceptors (Lipinski definition) is 4. The highest BCUT2D eigenvalue weighted by Gasteiger charge is 2.29. The highest BCUT2D eigenvalue weighted by Crippen LogP contribution is 2.41. The lowest BCUT2D eigenvalue weighted by Crippen LogP contribution is -2.17. The number of para-hydroxylation sites is 1. The number of hydrogen-bond donors (Lipinski definition) is 1. The Morgan fingerprint density at radius 1 is 1.00 bits per heavy atom. The highest BCUT2D eigenvalue weighted by molar-refractivity contribution is 8.00. The third-order valence-electron chi connectivity index (χ3n) is 4.15. The van der Waals surface area contributed by atoms with E-state index in [2.05, 4.69) is 57.6 Å². The number of rotatable bonds is 2. The molecule has 5 rings (SSSR count). The minimum absolute atomic E-state index is 0.0853. The van der Waals surface area contributed by atoms with E-state index in [0.717, 1.165) is 21.9 Å². The summed E-state index contributed by atoms with van der Waals surface area (Å²) in [5, 5.41) is 15.1. The van der Waals surface area contributed by atoms with Crippen molar-refractivity contribution < 1.29 is 0 Å². The van der Waals surface area contributed by atoms with Crippen LogP contribution in [0.4, 0.5) is 0 Å². The summed E-state index contributed by atoms with van der Waals surface area (Å²) in [5.41, 5.74) is 4.45. The average Bonchev–Trinajstić information content (AvgIpc) is 3.27. The Labute approximate surface area is 142 Å². The first-order valence-corrected chi connectivity index (χ1v) is 8.55. The van der Waals surface area contributed by atoms with Crippen LogP contribution in [0.25, 0.3) is 10.9 Å². The molecule has 0 aliphatic carbocycles. The van der Waals surface area contributed by atoms with Gasteiger partial charge in [0.2, 0.25) is 5.16 Å². The fourth-order valence-corrected chi connectivity index (χ4v) is 4.11. The SMILES string of the molecule is c1ccc([C@@H]2Sc3nncn3N=C2c2c[nH]c3ccccc23)cc1. The van der Waals surface area contributed by atoms with Gasteiger partial charge in [-0.2, -0.15) is 9.78 Å². The van der Waals surface area contributed by atoms with Gasteiger partial charge in [0.15, 0.2) is 0 Å². The second kappa shape index (κ2) is 5.35. The molecule has 0 bridgehead atoms. The Kier molecular flexibility index (Phi) is 3.02. The fraction of sp³-hybridized carbons (Fsp3) is 0.0556. The van der Waals surface area contributed by atoms with E-state index in [1.807, 2.05) is 18.3 Å². The van der Waals surface area contributed by atoms with Gasteiger partial charge in [0.25, 0.3) is 0 Å². The predicted molar refractivity (Wildman–Crippen MR) is 95.3 cm³/mol. The monoisotopic (exact) mass is 331 g/mol.